The summed E-state index contributed by atoms with van der Waals surface area (Å²) in [5.41, 5.74) is 1.41. The lowest BCUT2D eigenvalue weighted by Gasteiger charge is -2.19. The number of fused-ring (bicyclic) bond motifs is 1. The Bertz CT molecular complexity index is 585. The minimum atomic E-state index is -3.16. The van der Waals surface area contributed by atoms with E-state index in [-0.39, 0.29) is 18.1 Å². The lowest BCUT2D eigenvalue weighted by atomic mass is 10.1. The summed E-state index contributed by atoms with van der Waals surface area (Å²) in [5.74, 6) is -0.0173. The van der Waals surface area contributed by atoms with Crippen molar-refractivity contribution in [3.05, 3.63) is 30.2 Å². The van der Waals surface area contributed by atoms with Crippen molar-refractivity contribution in [3.8, 4) is 5.75 Å². The first kappa shape index (κ1) is 13.6. The molecule has 102 valence electrons. The van der Waals surface area contributed by atoms with Crippen molar-refractivity contribution in [1.29, 1.82) is 0 Å². The molecule has 0 aliphatic carbocycles. The summed E-state index contributed by atoms with van der Waals surface area (Å²) < 4.78 is 31.9. The van der Waals surface area contributed by atoms with E-state index in [1.807, 2.05) is 6.92 Å². The zero-order valence-corrected chi connectivity index (χ0v) is 11.2. The van der Waals surface area contributed by atoms with Crippen molar-refractivity contribution >= 4 is 10.9 Å². The third-order valence-corrected chi connectivity index (χ3v) is 2.72. The first-order valence-corrected chi connectivity index (χ1v) is 6.15. The molecule has 0 atom stereocenters. The Balaban J connectivity index is 2.27. The zero-order valence-electron chi connectivity index (χ0n) is 11.2. The van der Waals surface area contributed by atoms with Gasteiger partial charge in [-0.15, -0.1) is 0 Å². The molecule has 0 unspecified atom stereocenters. The van der Waals surface area contributed by atoms with Crippen molar-refractivity contribution in [2.45, 2.75) is 33.3 Å². The normalized spacial score (nSPS) is 12.1. The Morgan fingerprint density at radius 3 is 2.68 bits per heavy atom. The molecule has 1 aromatic carbocycles. The molecule has 0 aliphatic heterocycles. The van der Waals surface area contributed by atoms with Crippen LogP contribution in [0.5, 0.6) is 5.75 Å². The summed E-state index contributed by atoms with van der Waals surface area (Å²) >= 11 is 0. The number of benzene rings is 1. The van der Waals surface area contributed by atoms with Gasteiger partial charge in [-0.25, -0.2) is 9.97 Å². The van der Waals surface area contributed by atoms with Gasteiger partial charge >= 0.3 is 6.11 Å². The van der Waals surface area contributed by atoms with Crippen LogP contribution < -0.4 is 4.74 Å². The van der Waals surface area contributed by atoms with Gasteiger partial charge in [0.2, 0.25) is 0 Å². The van der Waals surface area contributed by atoms with Crippen LogP contribution >= 0.6 is 0 Å². The first-order chi connectivity index (χ1) is 8.87. The number of ether oxygens (including phenoxy) is 1. The maximum atomic E-state index is 13.6. The van der Waals surface area contributed by atoms with Crippen LogP contribution in [-0.4, -0.2) is 16.1 Å². The zero-order chi connectivity index (χ0) is 14.0. The largest absolute Gasteiger partial charge is 0.432 e. The van der Waals surface area contributed by atoms with Gasteiger partial charge in [0.1, 0.15) is 12.1 Å². The number of halogens is 2. The van der Waals surface area contributed by atoms with Gasteiger partial charge in [0.25, 0.3) is 0 Å². The van der Waals surface area contributed by atoms with E-state index in [2.05, 4.69) is 9.97 Å². The fourth-order valence-electron chi connectivity index (χ4n) is 1.92. The monoisotopic (exact) mass is 266 g/mol. The van der Waals surface area contributed by atoms with E-state index in [1.54, 1.807) is 19.9 Å². The third kappa shape index (κ3) is 3.36. The van der Waals surface area contributed by atoms with Crippen LogP contribution in [0.25, 0.3) is 10.9 Å². The van der Waals surface area contributed by atoms with Crippen LogP contribution in [0.1, 0.15) is 26.0 Å². The average molecular weight is 266 g/mol. The van der Waals surface area contributed by atoms with E-state index in [4.69, 9.17) is 4.74 Å². The Hall–Kier alpha value is -1.78. The van der Waals surface area contributed by atoms with Crippen LogP contribution in [0.15, 0.2) is 24.5 Å². The number of nitrogens with zero attached hydrogens (tertiary/aromatic N) is 2. The maximum Gasteiger partial charge on any atom is 0.398 e. The van der Waals surface area contributed by atoms with E-state index in [0.29, 0.717) is 5.52 Å². The standard InChI is InChI=1S/C14H16F2N2O/c1-9(2)7-14(15,16)19-11-4-5-12-10(3)17-8-18-13(12)6-11/h4-6,8-9H,7H2,1-3H3. The highest BCUT2D eigenvalue weighted by Gasteiger charge is 2.32. The molecule has 0 amide bonds. The van der Waals surface area contributed by atoms with Crippen LogP contribution in [0.3, 0.4) is 0 Å². The summed E-state index contributed by atoms with van der Waals surface area (Å²) in [5, 5.41) is 0.835. The van der Waals surface area contributed by atoms with E-state index < -0.39 is 6.11 Å². The predicted octanol–water partition coefficient (Wildman–Crippen LogP) is 3.96. The fourth-order valence-corrected chi connectivity index (χ4v) is 1.92. The quantitative estimate of drug-likeness (QED) is 0.840. The Kier molecular flexibility index (Phi) is 3.64. The van der Waals surface area contributed by atoms with Gasteiger partial charge in [0, 0.05) is 17.1 Å². The number of aryl methyl sites for hydroxylation is 1. The second-order valence-electron chi connectivity index (χ2n) is 4.98. The molecule has 2 rings (SSSR count). The topological polar surface area (TPSA) is 35.0 Å². The highest BCUT2D eigenvalue weighted by molar-refractivity contribution is 5.81. The maximum absolute atomic E-state index is 13.6. The van der Waals surface area contributed by atoms with E-state index in [0.717, 1.165) is 11.1 Å². The molecule has 1 heterocycles. The molecular formula is C14H16F2N2O. The Morgan fingerprint density at radius 2 is 2.00 bits per heavy atom. The van der Waals surface area contributed by atoms with Gasteiger partial charge in [-0.05, 0) is 25.0 Å². The lowest BCUT2D eigenvalue weighted by molar-refractivity contribution is -0.186. The van der Waals surface area contributed by atoms with E-state index >= 15 is 0 Å². The SMILES string of the molecule is Cc1ncnc2cc(OC(F)(F)CC(C)C)ccc12. The van der Waals surface area contributed by atoms with Crippen molar-refractivity contribution in [3.63, 3.8) is 0 Å². The van der Waals surface area contributed by atoms with Crippen LogP contribution in [-0.2, 0) is 0 Å². The summed E-state index contributed by atoms with van der Waals surface area (Å²) in [6.07, 6.45) is -2.06. The molecule has 2 aromatic rings. The van der Waals surface area contributed by atoms with Crippen molar-refractivity contribution in [1.82, 2.24) is 9.97 Å². The summed E-state index contributed by atoms with van der Waals surface area (Å²) in [7, 11) is 0. The first-order valence-electron chi connectivity index (χ1n) is 6.15. The summed E-state index contributed by atoms with van der Waals surface area (Å²) in [6, 6.07) is 4.73. The molecule has 0 saturated carbocycles. The summed E-state index contributed by atoms with van der Waals surface area (Å²) in [4.78, 5) is 8.11. The van der Waals surface area contributed by atoms with Crippen molar-refractivity contribution in [2.75, 3.05) is 0 Å². The molecule has 19 heavy (non-hydrogen) atoms. The van der Waals surface area contributed by atoms with E-state index in [1.165, 1.54) is 18.5 Å². The number of alkyl halides is 2. The molecule has 1 aromatic heterocycles. The number of rotatable bonds is 4. The highest BCUT2D eigenvalue weighted by atomic mass is 19.3. The molecule has 0 saturated heterocycles. The van der Waals surface area contributed by atoms with Gasteiger partial charge in [-0.1, -0.05) is 13.8 Å². The van der Waals surface area contributed by atoms with Gasteiger partial charge in [-0.2, -0.15) is 8.78 Å². The number of hydrogen-bond acceptors (Lipinski definition) is 3. The van der Waals surface area contributed by atoms with Crippen molar-refractivity contribution < 1.29 is 13.5 Å². The second kappa shape index (κ2) is 5.07. The number of aromatic nitrogens is 2. The second-order valence-corrected chi connectivity index (χ2v) is 4.98. The van der Waals surface area contributed by atoms with E-state index in [9.17, 15) is 8.78 Å². The smallest absolute Gasteiger partial charge is 0.398 e. The molecule has 0 N–H and O–H groups in total. The Labute approximate surface area is 110 Å². The van der Waals surface area contributed by atoms with Gasteiger partial charge < -0.3 is 4.74 Å². The minimum absolute atomic E-state index is 0.122. The van der Waals surface area contributed by atoms with Gasteiger partial charge in [0.15, 0.2) is 0 Å². The molecular weight excluding hydrogens is 250 g/mol. The molecule has 0 radical (unpaired) electrons. The molecule has 3 nitrogen and oxygen atoms in total. The lowest BCUT2D eigenvalue weighted by Crippen LogP contribution is -2.26. The van der Waals surface area contributed by atoms with Crippen molar-refractivity contribution in [2.24, 2.45) is 5.92 Å². The van der Waals surface area contributed by atoms with Gasteiger partial charge in [-0.3, -0.25) is 0 Å². The predicted molar refractivity (Wildman–Crippen MR) is 69.3 cm³/mol. The Morgan fingerprint density at radius 1 is 1.26 bits per heavy atom. The number of hydrogen-bond donors (Lipinski definition) is 0. The molecule has 5 heteroatoms. The van der Waals surface area contributed by atoms with Crippen LogP contribution in [0.2, 0.25) is 0 Å². The van der Waals surface area contributed by atoms with Crippen LogP contribution in [0, 0.1) is 12.8 Å². The average Bonchev–Trinajstić information content (AvgIpc) is 2.26. The van der Waals surface area contributed by atoms with Gasteiger partial charge in [0.05, 0.1) is 11.9 Å². The molecule has 0 fully saturated rings. The third-order valence-electron chi connectivity index (χ3n) is 2.72. The van der Waals surface area contributed by atoms with Crippen LogP contribution in [0.4, 0.5) is 8.78 Å². The summed E-state index contributed by atoms with van der Waals surface area (Å²) in [6.45, 7) is 5.31. The molecule has 0 bridgehead atoms. The highest BCUT2D eigenvalue weighted by Crippen LogP contribution is 2.29. The molecule has 0 spiro atoms. The fraction of sp³-hybridized carbons (Fsp3) is 0.429. The minimum Gasteiger partial charge on any atom is -0.432 e. The molecule has 0 aliphatic rings.